The first-order chi connectivity index (χ1) is 16.1. The highest BCUT2D eigenvalue weighted by atomic mass is 32.2. The number of rotatable bonds is 7. The van der Waals surface area contributed by atoms with Crippen LogP contribution in [-0.4, -0.2) is 31.3 Å². The van der Waals surface area contributed by atoms with Gasteiger partial charge in [-0.15, -0.1) is 11.3 Å². The molecule has 1 atom stereocenters. The van der Waals surface area contributed by atoms with Crippen LogP contribution in [0.4, 0.5) is 5.69 Å². The Kier molecular flexibility index (Phi) is 6.56. The second-order valence-electron chi connectivity index (χ2n) is 8.01. The van der Waals surface area contributed by atoms with Crippen LogP contribution < -0.4 is 15.8 Å². The molecule has 5 N–H and O–H groups in total. The minimum Gasteiger partial charge on any atom is -0.361 e. The molecule has 10 heteroatoms. The van der Waals surface area contributed by atoms with E-state index in [1.54, 1.807) is 31.4 Å². The summed E-state index contributed by atoms with van der Waals surface area (Å²) in [6, 6.07) is 13.0. The van der Waals surface area contributed by atoms with Crippen molar-refractivity contribution in [1.29, 1.82) is 0 Å². The number of nitrogens with one attached hydrogen (secondary N) is 3. The summed E-state index contributed by atoms with van der Waals surface area (Å²) in [6.07, 6.45) is 2.05. The molecule has 176 valence electrons. The van der Waals surface area contributed by atoms with Crippen LogP contribution in [0.25, 0.3) is 10.9 Å². The fraction of sp³-hybridized carbons (Fsp3) is 0.167. The molecule has 2 aromatic carbocycles. The van der Waals surface area contributed by atoms with Crippen LogP contribution in [0.15, 0.2) is 65.0 Å². The van der Waals surface area contributed by atoms with Gasteiger partial charge in [0.1, 0.15) is 6.04 Å². The van der Waals surface area contributed by atoms with Gasteiger partial charge in [-0.2, -0.15) is 0 Å². The molecule has 2 heterocycles. The van der Waals surface area contributed by atoms with E-state index in [2.05, 4.69) is 15.6 Å². The quantitative estimate of drug-likeness (QED) is 0.312. The number of carbonyl (C=O) groups excluding carboxylic acids is 2. The summed E-state index contributed by atoms with van der Waals surface area (Å²) >= 11 is 1.28. The van der Waals surface area contributed by atoms with E-state index in [1.807, 2.05) is 30.5 Å². The SMILES string of the molecule is Cc1cc(S(N)(=O)=O)cc(NC(=O)C(Cc2c[nH]c3ccccc23)NC(=O)c2cccs2)c1C. The third kappa shape index (κ3) is 5.04. The second-order valence-corrected chi connectivity index (χ2v) is 10.5. The number of anilines is 1. The van der Waals surface area contributed by atoms with E-state index >= 15 is 0 Å². The molecule has 0 radical (unpaired) electrons. The minimum absolute atomic E-state index is 0.0956. The number of para-hydroxylation sites is 1. The normalized spacial score (nSPS) is 12.4. The van der Waals surface area contributed by atoms with Crippen molar-refractivity contribution in [3.63, 3.8) is 0 Å². The number of thiophene rings is 1. The second kappa shape index (κ2) is 9.41. The highest BCUT2D eigenvalue weighted by molar-refractivity contribution is 7.89. The number of aromatic nitrogens is 1. The van der Waals surface area contributed by atoms with Gasteiger partial charge in [-0.3, -0.25) is 9.59 Å². The van der Waals surface area contributed by atoms with Crippen LogP contribution in [0.2, 0.25) is 0 Å². The zero-order valence-electron chi connectivity index (χ0n) is 18.6. The highest BCUT2D eigenvalue weighted by Gasteiger charge is 2.25. The van der Waals surface area contributed by atoms with Gasteiger partial charge in [0.25, 0.3) is 5.91 Å². The molecule has 1 unspecified atom stereocenters. The number of hydrogen-bond acceptors (Lipinski definition) is 5. The number of benzene rings is 2. The van der Waals surface area contributed by atoms with Gasteiger partial charge in [0.05, 0.1) is 9.77 Å². The van der Waals surface area contributed by atoms with Crippen molar-refractivity contribution in [3.05, 3.63) is 81.7 Å². The molecule has 2 aromatic heterocycles. The largest absolute Gasteiger partial charge is 0.361 e. The Labute approximate surface area is 201 Å². The van der Waals surface area contributed by atoms with Crippen molar-refractivity contribution in [1.82, 2.24) is 10.3 Å². The summed E-state index contributed by atoms with van der Waals surface area (Å²) in [5.41, 5.74) is 3.49. The molecule has 8 nitrogen and oxygen atoms in total. The van der Waals surface area contributed by atoms with Gasteiger partial charge in [0.15, 0.2) is 0 Å². The van der Waals surface area contributed by atoms with E-state index in [1.165, 1.54) is 23.5 Å². The maximum Gasteiger partial charge on any atom is 0.262 e. The van der Waals surface area contributed by atoms with Crippen molar-refractivity contribution in [2.24, 2.45) is 5.14 Å². The smallest absolute Gasteiger partial charge is 0.262 e. The molecule has 34 heavy (non-hydrogen) atoms. The van der Waals surface area contributed by atoms with Gasteiger partial charge in [0, 0.05) is 29.2 Å². The third-order valence-corrected chi connectivity index (χ3v) is 7.45. The van der Waals surface area contributed by atoms with Crippen LogP contribution in [-0.2, 0) is 21.2 Å². The average Bonchev–Trinajstić information content (AvgIpc) is 3.46. The summed E-state index contributed by atoms with van der Waals surface area (Å²) in [5, 5.41) is 13.7. The molecule has 0 saturated carbocycles. The Balaban J connectivity index is 1.66. The third-order valence-electron chi connectivity index (χ3n) is 5.69. The topological polar surface area (TPSA) is 134 Å². The van der Waals surface area contributed by atoms with E-state index in [-0.39, 0.29) is 17.2 Å². The Morgan fingerprint density at radius 3 is 2.59 bits per heavy atom. The van der Waals surface area contributed by atoms with E-state index in [0.717, 1.165) is 16.5 Å². The van der Waals surface area contributed by atoms with Crippen LogP contribution in [0.5, 0.6) is 0 Å². The van der Waals surface area contributed by atoms with Crippen molar-refractivity contribution in [3.8, 4) is 0 Å². The lowest BCUT2D eigenvalue weighted by Gasteiger charge is -2.20. The minimum atomic E-state index is -3.96. The predicted molar refractivity (Wildman–Crippen MR) is 133 cm³/mol. The number of primary sulfonamides is 1. The van der Waals surface area contributed by atoms with Crippen molar-refractivity contribution in [2.45, 2.75) is 31.2 Å². The van der Waals surface area contributed by atoms with Gasteiger partial charge < -0.3 is 15.6 Å². The highest BCUT2D eigenvalue weighted by Crippen LogP contribution is 2.25. The van der Waals surface area contributed by atoms with Crippen LogP contribution in [0, 0.1) is 13.8 Å². The summed E-state index contributed by atoms with van der Waals surface area (Å²) in [7, 11) is -3.96. The van der Waals surface area contributed by atoms with Crippen molar-refractivity contribution >= 4 is 49.8 Å². The zero-order valence-corrected chi connectivity index (χ0v) is 20.2. The van der Waals surface area contributed by atoms with Crippen molar-refractivity contribution < 1.29 is 18.0 Å². The van der Waals surface area contributed by atoms with Crippen LogP contribution in [0.1, 0.15) is 26.4 Å². The Morgan fingerprint density at radius 2 is 1.88 bits per heavy atom. The van der Waals surface area contributed by atoms with Gasteiger partial charge in [-0.05, 0) is 60.2 Å². The van der Waals surface area contributed by atoms with Gasteiger partial charge in [0.2, 0.25) is 15.9 Å². The molecule has 0 spiro atoms. The number of hydrogen-bond donors (Lipinski definition) is 4. The summed E-state index contributed by atoms with van der Waals surface area (Å²) in [5.74, 6) is -0.828. The first-order valence-electron chi connectivity index (χ1n) is 10.5. The summed E-state index contributed by atoms with van der Waals surface area (Å²) in [6.45, 7) is 3.51. The number of aryl methyl sites for hydroxylation is 1. The van der Waals surface area contributed by atoms with E-state index in [9.17, 15) is 18.0 Å². The molecule has 0 aliphatic rings. The number of amides is 2. The lowest BCUT2D eigenvalue weighted by molar-refractivity contribution is -0.118. The first-order valence-corrected chi connectivity index (χ1v) is 12.9. The molecular formula is C24H24N4O4S2. The van der Waals surface area contributed by atoms with Crippen LogP contribution in [0.3, 0.4) is 0 Å². The van der Waals surface area contributed by atoms with Gasteiger partial charge in [-0.1, -0.05) is 24.3 Å². The fourth-order valence-corrected chi connectivity index (χ4v) is 4.96. The monoisotopic (exact) mass is 496 g/mol. The Morgan fingerprint density at radius 1 is 1.12 bits per heavy atom. The molecule has 0 aliphatic carbocycles. The number of aromatic amines is 1. The number of sulfonamides is 1. The average molecular weight is 497 g/mol. The Bertz CT molecular complexity index is 1470. The van der Waals surface area contributed by atoms with Crippen LogP contribution >= 0.6 is 11.3 Å². The molecule has 4 aromatic rings. The molecule has 4 rings (SSSR count). The lowest BCUT2D eigenvalue weighted by atomic mass is 10.0. The number of fused-ring (bicyclic) bond motifs is 1. The zero-order chi connectivity index (χ0) is 24.5. The maximum atomic E-state index is 13.4. The molecule has 0 aliphatic heterocycles. The summed E-state index contributed by atoms with van der Waals surface area (Å²) in [4.78, 5) is 29.7. The fourth-order valence-electron chi connectivity index (χ4n) is 3.71. The molecular weight excluding hydrogens is 472 g/mol. The van der Waals surface area contributed by atoms with E-state index in [4.69, 9.17) is 5.14 Å². The van der Waals surface area contributed by atoms with Crippen molar-refractivity contribution in [2.75, 3.05) is 5.32 Å². The molecule has 0 bridgehead atoms. The maximum absolute atomic E-state index is 13.4. The summed E-state index contributed by atoms with van der Waals surface area (Å²) < 4.78 is 23.8. The number of H-pyrrole nitrogens is 1. The Hall–Kier alpha value is -3.47. The number of nitrogens with two attached hydrogens (primary N) is 1. The lowest BCUT2D eigenvalue weighted by Crippen LogP contribution is -2.45. The standard InChI is InChI=1S/C24H24N4O4S2/c1-14-10-17(34(25,31)32)12-20(15(14)2)27-23(29)21(28-24(30)22-8-5-9-33-22)11-16-13-26-19-7-4-3-6-18(16)19/h3-10,12-13,21,26H,11H2,1-2H3,(H,27,29)(H,28,30)(H2,25,31,32). The van der Waals surface area contributed by atoms with E-state index < -0.39 is 22.0 Å². The van der Waals surface area contributed by atoms with Gasteiger partial charge in [-0.25, -0.2) is 13.6 Å². The first kappa shape index (κ1) is 23.7. The molecule has 0 saturated heterocycles. The number of carbonyl (C=O) groups is 2. The molecule has 2 amide bonds. The van der Waals surface area contributed by atoms with E-state index in [0.29, 0.717) is 21.7 Å². The predicted octanol–water partition coefficient (Wildman–Crippen LogP) is 3.47. The molecule has 0 fully saturated rings. The van der Waals surface area contributed by atoms with Gasteiger partial charge >= 0.3 is 0 Å².